The maximum Gasteiger partial charge on any atom is 0.151 e. The summed E-state index contributed by atoms with van der Waals surface area (Å²) in [6.07, 6.45) is 5.01. The Hall–Kier alpha value is -1.49. The Bertz CT molecular complexity index is 503. The van der Waals surface area contributed by atoms with Crippen molar-refractivity contribution >= 4 is 18.2 Å². The third-order valence-electron chi connectivity index (χ3n) is 2.95. The number of rotatable bonds is 6. The first-order chi connectivity index (χ1) is 8.74. The number of nitrogens with one attached hydrogen (secondary N) is 1. The summed E-state index contributed by atoms with van der Waals surface area (Å²) in [6.45, 7) is 8.95. The number of hydrogen-bond acceptors (Lipinski definition) is 3. The Balaban J connectivity index is 0.00000180. The molecule has 5 nitrogen and oxygen atoms in total. The zero-order valence-corrected chi connectivity index (χ0v) is 12.6. The summed E-state index contributed by atoms with van der Waals surface area (Å²) < 4.78 is 3.99. The molecule has 6 heteroatoms. The van der Waals surface area contributed by atoms with E-state index in [1.165, 1.54) is 11.3 Å². The lowest BCUT2D eigenvalue weighted by Crippen LogP contribution is -2.09. The predicted molar refractivity (Wildman–Crippen MR) is 79.7 cm³/mol. The van der Waals surface area contributed by atoms with Crippen LogP contribution in [0.2, 0.25) is 0 Å². The van der Waals surface area contributed by atoms with Crippen LogP contribution in [0.4, 0.5) is 5.82 Å². The van der Waals surface area contributed by atoms with E-state index in [1.54, 1.807) is 0 Å². The molecule has 0 saturated carbocycles. The van der Waals surface area contributed by atoms with Gasteiger partial charge in [-0.1, -0.05) is 6.92 Å². The highest BCUT2D eigenvalue weighted by Crippen LogP contribution is 2.13. The van der Waals surface area contributed by atoms with Crippen molar-refractivity contribution in [2.45, 2.75) is 46.8 Å². The van der Waals surface area contributed by atoms with Crippen LogP contribution in [0.25, 0.3) is 0 Å². The van der Waals surface area contributed by atoms with Crippen molar-refractivity contribution in [3.8, 4) is 0 Å². The SMILES string of the molecule is CCCn1nccc1CNc1nn(CC)cc1C.Cl. The minimum Gasteiger partial charge on any atom is -0.363 e. The smallest absolute Gasteiger partial charge is 0.151 e. The molecule has 2 aromatic rings. The molecule has 1 N–H and O–H groups in total. The van der Waals surface area contributed by atoms with Gasteiger partial charge in [0.25, 0.3) is 0 Å². The van der Waals surface area contributed by atoms with Crippen molar-refractivity contribution in [1.29, 1.82) is 0 Å². The second-order valence-corrected chi connectivity index (χ2v) is 4.42. The predicted octanol–water partition coefficient (Wildman–Crippen LogP) is 2.85. The van der Waals surface area contributed by atoms with E-state index in [9.17, 15) is 0 Å². The third-order valence-corrected chi connectivity index (χ3v) is 2.95. The first kappa shape index (κ1) is 15.6. The van der Waals surface area contributed by atoms with Gasteiger partial charge >= 0.3 is 0 Å². The van der Waals surface area contributed by atoms with Crippen molar-refractivity contribution in [3.63, 3.8) is 0 Å². The topological polar surface area (TPSA) is 47.7 Å². The molecule has 0 spiro atoms. The van der Waals surface area contributed by atoms with Crippen LogP contribution < -0.4 is 5.32 Å². The molecule has 19 heavy (non-hydrogen) atoms. The number of aromatic nitrogens is 4. The van der Waals surface area contributed by atoms with Gasteiger partial charge in [-0.05, 0) is 26.3 Å². The van der Waals surface area contributed by atoms with Gasteiger partial charge < -0.3 is 5.32 Å². The van der Waals surface area contributed by atoms with Gasteiger partial charge in [-0.3, -0.25) is 9.36 Å². The fourth-order valence-corrected chi connectivity index (χ4v) is 1.96. The number of halogens is 1. The summed E-state index contributed by atoms with van der Waals surface area (Å²) in [5.41, 5.74) is 2.38. The van der Waals surface area contributed by atoms with E-state index in [-0.39, 0.29) is 12.4 Å². The minimum atomic E-state index is 0. The Kier molecular flexibility index (Phi) is 5.89. The fourth-order valence-electron chi connectivity index (χ4n) is 1.96. The molecule has 0 atom stereocenters. The van der Waals surface area contributed by atoms with E-state index in [4.69, 9.17) is 0 Å². The lowest BCUT2D eigenvalue weighted by atomic mass is 10.3. The molecule has 0 fully saturated rings. The molecular weight excluding hydrogens is 262 g/mol. The van der Waals surface area contributed by atoms with Crippen LogP contribution in [-0.2, 0) is 19.6 Å². The zero-order valence-electron chi connectivity index (χ0n) is 11.8. The van der Waals surface area contributed by atoms with E-state index in [0.29, 0.717) is 0 Å². The summed E-state index contributed by atoms with van der Waals surface area (Å²) in [4.78, 5) is 0. The van der Waals surface area contributed by atoms with E-state index >= 15 is 0 Å². The Labute approximate surface area is 120 Å². The van der Waals surface area contributed by atoms with Crippen molar-refractivity contribution in [2.75, 3.05) is 5.32 Å². The van der Waals surface area contributed by atoms with E-state index in [2.05, 4.69) is 48.5 Å². The van der Waals surface area contributed by atoms with Gasteiger partial charge in [-0.2, -0.15) is 10.2 Å². The average Bonchev–Trinajstić information content (AvgIpc) is 2.94. The molecule has 0 bridgehead atoms. The molecule has 0 unspecified atom stereocenters. The summed E-state index contributed by atoms with van der Waals surface area (Å²) in [5, 5.41) is 12.2. The van der Waals surface area contributed by atoms with Gasteiger partial charge in [-0.25, -0.2) is 0 Å². The highest BCUT2D eigenvalue weighted by atomic mass is 35.5. The van der Waals surface area contributed by atoms with Crippen molar-refractivity contribution in [3.05, 3.63) is 29.7 Å². The van der Waals surface area contributed by atoms with Crippen LogP contribution >= 0.6 is 12.4 Å². The monoisotopic (exact) mass is 283 g/mol. The van der Waals surface area contributed by atoms with E-state index < -0.39 is 0 Å². The van der Waals surface area contributed by atoms with Crippen molar-refractivity contribution in [1.82, 2.24) is 19.6 Å². The first-order valence-corrected chi connectivity index (χ1v) is 6.53. The Morgan fingerprint density at radius 3 is 2.74 bits per heavy atom. The van der Waals surface area contributed by atoms with Gasteiger partial charge in [0.05, 0.1) is 12.2 Å². The average molecular weight is 284 g/mol. The molecule has 0 radical (unpaired) electrons. The van der Waals surface area contributed by atoms with E-state index in [0.717, 1.165) is 31.9 Å². The number of nitrogens with zero attached hydrogens (tertiary/aromatic N) is 4. The van der Waals surface area contributed by atoms with Gasteiger partial charge in [0.2, 0.25) is 0 Å². The second kappa shape index (κ2) is 7.19. The largest absolute Gasteiger partial charge is 0.363 e. The molecule has 0 aliphatic heterocycles. The second-order valence-electron chi connectivity index (χ2n) is 4.42. The third kappa shape index (κ3) is 3.73. The Morgan fingerprint density at radius 1 is 1.32 bits per heavy atom. The van der Waals surface area contributed by atoms with Crippen LogP contribution in [0.1, 0.15) is 31.5 Å². The highest BCUT2D eigenvalue weighted by molar-refractivity contribution is 5.85. The number of hydrogen-bond donors (Lipinski definition) is 1. The first-order valence-electron chi connectivity index (χ1n) is 6.53. The molecule has 0 aromatic carbocycles. The molecule has 0 aliphatic rings. The van der Waals surface area contributed by atoms with Crippen LogP contribution in [0.15, 0.2) is 18.5 Å². The molecular formula is C13H22ClN5. The zero-order chi connectivity index (χ0) is 13.0. The summed E-state index contributed by atoms with van der Waals surface area (Å²) in [5.74, 6) is 0.959. The van der Waals surface area contributed by atoms with Gasteiger partial charge in [0.1, 0.15) is 0 Å². The maximum atomic E-state index is 4.48. The van der Waals surface area contributed by atoms with Gasteiger partial charge in [0.15, 0.2) is 5.82 Å². The summed E-state index contributed by atoms with van der Waals surface area (Å²) in [6, 6.07) is 2.05. The highest BCUT2D eigenvalue weighted by Gasteiger charge is 2.06. The van der Waals surface area contributed by atoms with Crippen molar-refractivity contribution < 1.29 is 0 Å². The molecule has 0 saturated heterocycles. The molecule has 0 amide bonds. The lowest BCUT2D eigenvalue weighted by molar-refractivity contribution is 0.578. The van der Waals surface area contributed by atoms with Crippen LogP contribution in [0.3, 0.4) is 0 Å². The normalized spacial score (nSPS) is 10.3. The fraction of sp³-hybridized carbons (Fsp3) is 0.538. The Morgan fingerprint density at radius 2 is 2.11 bits per heavy atom. The maximum absolute atomic E-state index is 4.48. The van der Waals surface area contributed by atoms with Crippen LogP contribution in [0, 0.1) is 6.92 Å². The van der Waals surface area contributed by atoms with Crippen LogP contribution in [-0.4, -0.2) is 19.6 Å². The molecule has 2 heterocycles. The summed E-state index contributed by atoms with van der Waals surface area (Å²) >= 11 is 0. The van der Waals surface area contributed by atoms with Gasteiger partial charge in [-0.15, -0.1) is 12.4 Å². The minimum absolute atomic E-state index is 0. The molecule has 2 rings (SSSR count). The number of aryl methyl sites for hydroxylation is 3. The molecule has 2 aromatic heterocycles. The molecule has 0 aliphatic carbocycles. The summed E-state index contributed by atoms with van der Waals surface area (Å²) in [7, 11) is 0. The number of anilines is 1. The standard InChI is InChI=1S/C13H21N5.ClH/c1-4-8-18-12(6-7-15-18)9-14-13-11(3)10-17(5-2)16-13;/h6-7,10H,4-5,8-9H2,1-3H3,(H,14,16);1H. The van der Waals surface area contributed by atoms with Crippen molar-refractivity contribution in [2.24, 2.45) is 0 Å². The molecule has 106 valence electrons. The van der Waals surface area contributed by atoms with Crippen LogP contribution in [0.5, 0.6) is 0 Å². The van der Waals surface area contributed by atoms with Gasteiger partial charge in [0, 0.05) is 31.0 Å². The van der Waals surface area contributed by atoms with E-state index in [1.807, 2.05) is 15.6 Å². The lowest BCUT2D eigenvalue weighted by Gasteiger charge is -2.07. The quantitative estimate of drug-likeness (QED) is 0.887.